The molecule has 3 rings (SSSR count). The predicted octanol–water partition coefficient (Wildman–Crippen LogP) is 3.99. The summed E-state index contributed by atoms with van der Waals surface area (Å²) in [6, 6.07) is 12.0. The topological polar surface area (TPSA) is 60.6 Å². The largest absolute Gasteiger partial charge is 0.492 e. The first-order valence-electron chi connectivity index (χ1n) is 8.45. The Morgan fingerprint density at radius 1 is 1.11 bits per heavy atom. The van der Waals surface area contributed by atoms with Gasteiger partial charge in [0.2, 0.25) is 11.7 Å². The first-order chi connectivity index (χ1) is 13.5. The molecule has 0 bridgehead atoms. The molecule has 0 fully saturated rings. The van der Waals surface area contributed by atoms with Crippen LogP contribution in [-0.4, -0.2) is 41.9 Å². The minimum Gasteiger partial charge on any atom is -0.492 e. The van der Waals surface area contributed by atoms with Crippen LogP contribution in [0.5, 0.6) is 11.5 Å². The van der Waals surface area contributed by atoms with Gasteiger partial charge >= 0.3 is 6.61 Å². The summed E-state index contributed by atoms with van der Waals surface area (Å²) in [5, 5.41) is 3.84. The molecule has 1 heterocycles. The average molecular weight is 393 g/mol. The number of halogens is 3. The van der Waals surface area contributed by atoms with Crippen molar-refractivity contribution in [1.29, 1.82) is 0 Å². The van der Waals surface area contributed by atoms with Crippen molar-refractivity contribution >= 4 is 0 Å². The number of alkyl halides is 2. The molecular weight excluding hydrogens is 375 g/mol. The second-order valence-electron chi connectivity index (χ2n) is 5.93. The highest BCUT2D eigenvalue weighted by Crippen LogP contribution is 2.28. The molecular formula is C19H18F3N3O3. The Hall–Kier alpha value is -3.07. The summed E-state index contributed by atoms with van der Waals surface area (Å²) in [6.07, 6.45) is 0. The number of aromatic nitrogens is 2. The summed E-state index contributed by atoms with van der Waals surface area (Å²) >= 11 is 0. The van der Waals surface area contributed by atoms with E-state index in [9.17, 15) is 13.2 Å². The van der Waals surface area contributed by atoms with Crippen LogP contribution < -0.4 is 9.47 Å². The van der Waals surface area contributed by atoms with Crippen molar-refractivity contribution in [2.24, 2.45) is 0 Å². The lowest BCUT2D eigenvalue weighted by Gasteiger charge is -2.14. The van der Waals surface area contributed by atoms with Crippen molar-refractivity contribution < 1.29 is 27.2 Å². The van der Waals surface area contributed by atoms with E-state index in [2.05, 4.69) is 14.9 Å². The van der Waals surface area contributed by atoms with Crippen LogP contribution >= 0.6 is 0 Å². The summed E-state index contributed by atoms with van der Waals surface area (Å²) < 4.78 is 53.1. The van der Waals surface area contributed by atoms with Crippen LogP contribution in [0.4, 0.5) is 13.2 Å². The third kappa shape index (κ3) is 5.46. The van der Waals surface area contributed by atoms with Gasteiger partial charge in [-0.2, -0.15) is 13.8 Å². The van der Waals surface area contributed by atoms with Crippen LogP contribution in [0.15, 0.2) is 53.1 Å². The van der Waals surface area contributed by atoms with E-state index in [4.69, 9.17) is 9.26 Å². The Morgan fingerprint density at radius 3 is 2.61 bits per heavy atom. The third-order valence-corrected chi connectivity index (χ3v) is 3.77. The number of likely N-dealkylation sites (N-methyl/N-ethyl adjacent to an activating group) is 1. The van der Waals surface area contributed by atoms with E-state index in [1.807, 2.05) is 11.9 Å². The van der Waals surface area contributed by atoms with Crippen LogP contribution in [-0.2, 0) is 6.54 Å². The molecule has 1 aromatic heterocycles. The smallest absolute Gasteiger partial charge is 0.387 e. The van der Waals surface area contributed by atoms with E-state index in [0.29, 0.717) is 36.9 Å². The molecule has 0 atom stereocenters. The summed E-state index contributed by atoms with van der Waals surface area (Å²) in [5.41, 5.74) is 0.320. The summed E-state index contributed by atoms with van der Waals surface area (Å²) in [4.78, 5) is 6.13. The lowest BCUT2D eigenvalue weighted by atomic mass is 10.2. The van der Waals surface area contributed by atoms with E-state index in [1.165, 1.54) is 18.2 Å². The monoisotopic (exact) mass is 393 g/mol. The fraction of sp³-hybridized carbons (Fsp3) is 0.263. The maximum Gasteiger partial charge on any atom is 0.387 e. The fourth-order valence-corrected chi connectivity index (χ4v) is 2.44. The molecule has 0 unspecified atom stereocenters. The summed E-state index contributed by atoms with van der Waals surface area (Å²) in [7, 11) is 1.84. The first kappa shape index (κ1) is 19.7. The molecule has 0 saturated carbocycles. The molecule has 6 nitrogen and oxygen atoms in total. The van der Waals surface area contributed by atoms with Crippen LogP contribution in [0.2, 0.25) is 0 Å². The number of hydrogen-bond acceptors (Lipinski definition) is 6. The molecule has 2 aromatic carbocycles. The first-order valence-corrected chi connectivity index (χ1v) is 8.45. The minimum absolute atomic E-state index is 0.0223. The maximum absolute atomic E-state index is 12.9. The van der Waals surface area contributed by atoms with Crippen LogP contribution in [0.1, 0.15) is 5.89 Å². The van der Waals surface area contributed by atoms with Crippen molar-refractivity contribution in [3.05, 3.63) is 60.2 Å². The van der Waals surface area contributed by atoms with Gasteiger partial charge in [-0.05, 0) is 43.4 Å². The predicted molar refractivity (Wildman–Crippen MR) is 94.6 cm³/mol. The van der Waals surface area contributed by atoms with E-state index in [-0.39, 0.29) is 17.4 Å². The molecule has 0 amide bonds. The molecule has 28 heavy (non-hydrogen) atoms. The van der Waals surface area contributed by atoms with Crippen molar-refractivity contribution in [3.63, 3.8) is 0 Å². The van der Waals surface area contributed by atoms with E-state index < -0.39 is 6.61 Å². The zero-order valence-electron chi connectivity index (χ0n) is 15.0. The SMILES string of the molecule is CN(CCOc1ccc(F)cc1)Cc1nc(-c2ccccc2OC(F)F)no1. The molecule has 0 aliphatic carbocycles. The highest BCUT2D eigenvalue weighted by atomic mass is 19.3. The standard InChI is InChI=1S/C19H18F3N3O3/c1-25(10-11-26-14-8-6-13(20)7-9-14)12-17-23-18(24-28-17)15-4-2-3-5-16(15)27-19(21)22/h2-9,19H,10-12H2,1H3. The molecule has 0 aliphatic rings. The van der Waals surface area contributed by atoms with Crippen LogP contribution in [0, 0.1) is 5.82 Å². The van der Waals surface area contributed by atoms with Gasteiger partial charge < -0.3 is 14.0 Å². The zero-order chi connectivity index (χ0) is 19.9. The third-order valence-electron chi connectivity index (χ3n) is 3.77. The summed E-state index contributed by atoms with van der Waals surface area (Å²) in [6.45, 7) is -1.66. The molecule has 0 N–H and O–H groups in total. The van der Waals surface area contributed by atoms with Gasteiger partial charge in [0.15, 0.2) is 0 Å². The Labute approximate surface area is 159 Å². The molecule has 3 aromatic rings. The van der Waals surface area contributed by atoms with Crippen molar-refractivity contribution in [1.82, 2.24) is 15.0 Å². The Balaban J connectivity index is 1.55. The molecule has 9 heteroatoms. The second-order valence-corrected chi connectivity index (χ2v) is 5.93. The van der Waals surface area contributed by atoms with Crippen molar-refractivity contribution in [2.75, 3.05) is 20.2 Å². The van der Waals surface area contributed by atoms with Crippen LogP contribution in [0.25, 0.3) is 11.4 Å². The van der Waals surface area contributed by atoms with Crippen LogP contribution in [0.3, 0.4) is 0 Å². The van der Waals surface area contributed by atoms with E-state index in [0.717, 1.165) is 0 Å². The number of hydrogen-bond donors (Lipinski definition) is 0. The van der Waals surface area contributed by atoms with E-state index >= 15 is 0 Å². The second kappa shape index (κ2) is 9.23. The lowest BCUT2D eigenvalue weighted by molar-refractivity contribution is -0.0494. The minimum atomic E-state index is -2.94. The molecule has 0 radical (unpaired) electrons. The van der Waals surface area contributed by atoms with Gasteiger partial charge in [0.1, 0.15) is 23.9 Å². The quantitative estimate of drug-likeness (QED) is 0.548. The molecule has 0 aliphatic heterocycles. The Kier molecular flexibility index (Phi) is 6.49. The van der Waals surface area contributed by atoms with Gasteiger partial charge in [-0.3, -0.25) is 4.90 Å². The van der Waals surface area contributed by atoms with Gasteiger partial charge in [-0.1, -0.05) is 17.3 Å². The molecule has 0 spiro atoms. The molecule has 148 valence electrons. The lowest BCUT2D eigenvalue weighted by Crippen LogP contribution is -2.24. The fourth-order valence-electron chi connectivity index (χ4n) is 2.44. The normalized spacial score (nSPS) is 11.2. The van der Waals surface area contributed by atoms with Gasteiger partial charge in [0, 0.05) is 6.54 Å². The number of benzene rings is 2. The zero-order valence-corrected chi connectivity index (χ0v) is 15.0. The van der Waals surface area contributed by atoms with Gasteiger partial charge in [-0.15, -0.1) is 0 Å². The average Bonchev–Trinajstić information content (AvgIpc) is 3.11. The number of nitrogens with zero attached hydrogens (tertiary/aromatic N) is 3. The van der Waals surface area contributed by atoms with Gasteiger partial charge in [0.05, 0.1) is 12.1 Å². The Bertz CT molecular complexity index is 887. The van der Waals surface area contributed by atoms with Gasteiger partial charge in [0.25, 0.3) is 0 Å². The number of ether oxygens (including phenoxy) is 2. The van der Waals surface area contributed by atoms with Gasteiger partial charge in [-0.25, -0.2) is 4.39 Å². The highest BCUT2D eigenvalue weighted by Gasteiger charge is 2.16. The number of para-hydroxylation sites is 1. The van der Waals surface area contributed by atoms with E-state index in [1.54, 1.807) is 30.3 Å². The van der Waals surface area contributed by atoms with Crippen molar-refractivity contribution in [3.8, 4) is 22.9 Å². The molecule has 0 saturated heterocycles. The van der Waals surface area contributed by atoms with Crippen molar-refractivity contribution in [2.45, 2.75) is 13.2 Å². The summed E-state index contributed by atoms with van der Waals surface area (Å²) in [5.74, 6) is 0.724. The number of rotatable bonds is 9. The Morgan fingerprint density at radius 2 is 1.86 bits per heavy atom. The maximum atomic E-state index is 12.9. The highest BCUT2D eigenvalue weighted by molar-refractivity contribution is 5.63.